The highest BCUT2D eigenvalue weighted by atomic mass is 16.6. The summed E-state index contributed by atoms with van der Waals surface area (Å²) in [6.07, 6.45) is -0.174. The fraction of sp³-hybridized carbons (Fsp3) is 0.333. The Morgan fingerprint density at radius 3 is 3.07 bits per heavy atom. The first-order valence-corrected chi connectivity index (χ1v) is 4.27. The third-order valence-corrected chi connectivity index (χ3v) is 2.21. The van der Waals surface area contributed by atoms with Crippen LogP contribution in [-0.2, 0) is 0 Å². The van der Waals surface area contributed by atoms with Crippen molar-refractivity contribution in [2.45, 2.75) is 12.5 Å². The third-order valence-electron chi connectivity index (χ3n) is 2.21. The number of ether oxygens (including phenoxy) is 1. The number of fused-ring (bicyclic) bond motifs is 1. The zero-order chi connectivity index (χ0) is 10.1. The molecule has 0 fully saturated rings. The van der Waals surface area contributed by atoms with Crippen LogP contribution in [0.15, 0.2) is 18.2 Å². The first-order chi connectivity index (χ1) is 6.68. The van der Waals surface area contributed by atoms with Gasteiger partial charge in [0.15, 0.2) is 0 Å². The summed E-state index contributed by atoms with van der Waals surface area (Å²) in [5, 5.41) is 20.0. The van der Waals surface area contributed by atoms with Gasteiger partial charge in [-0.3, -0.25) is 10.1 Å². The molecule has 1 aromatic rings. The van der Waals surface area contributed by atoms with Crippen LogP contribution in [0, 0.1) is 10.1 Å². The zero-order valence-electron chi connectivity index (χ0n) is 7.34. The average Bonchev–Trinajstić information content (AvgIpc) is 2.18. The molecule has 1 atom stereocenters. The summed E-state index contributed by atoms with van der Waals surface area (Å²) < 4.78 is 5.25. The summed E-state index contributed by atoms with van der Waals surface area (Å²) in [6, 6.07) is 4.26. The summed E-state index contributed by atoms with van der Waals surface area (Å²) in [7, 11) is 0. The molecule has 0 spiro atoms. The molecule has 0 amide bonds. The number of non-ortho nitro benzene ring substituents is 1. The van der Waals surface area contributed by atoms with E-state index in [1.165, 1.54) is 18.2 Å². The van der Waals surface area contributed by atoms with Crippen molar-refractivity contribution < 1.29 is 14.8 Å². The van der Waals surface area contributed by atoms with Crippen molar-refractivity contribution in [3.05, 3.63) is 33.9 Å². The second-order valence-corrected chi connectivity index (χ2v) is 3.13. The number of rotatable bonds is 1. The van der Waals surface area contributed by atoms with E-state index < -0.39 is 11.0 Å². The SMILES string of the molecule is O=[N+]([O-])c1ccc2c(c1)[C@@H](O)CCO2. The van der Waals surface area contributed by atoms with E-state index in [2.05, 4.69) is 0 Å². The number of aliphatic hydroxyl groups is 1. The van der Waals surface area contributed by atoms with Crippen LogP contribution in [0.25, 0.3) is 0 Å². The molecule has 1 aromatic carbocycles. The van der Waals surface area contributed by atoms with Gasteiger partial charge in [-0.25, -0.2) is 0 Å². The second kappa shape index (κ2) is 3.26. The molecule has 0 bridgehead atoms. The van der Waals surface area contributed by atoms with E-state index >= 15 is 0 Å². The molecular formula is C9H9NO4. The third kappa shape index (κ3) is 1.42. The largest absolute Gasteiger partial charge is 0.493 e. The maximum Gasteiger partial charge on any atom is 0.270 e. The molecule has 0 aliphatic carbocycles. The summed E-state index contributed by atoms with van der Waals surface area (Å²) in [5.74, 6) is 0.536. The van der Waals surface area contributed by atoms with Crippen molar-refractivity contribution >= 4 is 5.69 Å². The van der Waals surface area contributed by atoms with E-state index in [0.29, 0.717) is 24.3 Å². The minimum atomic E-state index is -0.654. The predicted molar refractivity (Wildman–Crippen MR) is 48.2 cm³/mol. The Hall–Kier alpha value is -1.62. The Kier molecular flexibility index (Phi) is 2.09. The lowest BCUT2D eigenvalue weighted by Crippen LogP contribution is -2.13. The number of hydrogen-bond acceptors (Lipinski definition) is 4. The molecule has 2 rings (SSSR count). The number of nitrogens with zero attached hydrogens (tertiary/aromatic N) is 1. The molecule has 0 radical (unpaired) electrons. The van der Waals surface area contributed by atoms with Gasteiger partial charge in [0.2, 0.25) is 0 Å². The normalized spacial score (nSPS) is 19.6. The van der Waals surface area contributed by atoms with Gasteiger partial charge >= 0.3 is 0 Å². The first kappa shape index (κ1) is 8.96. The maximum absolute atomic E-state index is 10.5. The van der Waals surface area contributed by atoms with E-state index in [1.54, 1.807) is 0 Å². The topological polar surface area (TPSA) is 72.6 Å². The van der Waals surface area contributed by atoms with E-state index in [-0.39, 0.29) is 5.69 Å². The summed E-state index contributed by atoms with van der Waals surface area (Å²) in [6.45, 7) is 0.450. The van der Waals surface area contributed by atoms with Crippen LogP contribution in [0.2, 0.25) is 0 Å². The lowest BCUT2D eigenvalue weighted by Gasteiger charge is -2.21. The van der Waals surface area contributed by atoms with Crippen molar-refractivity contribution in [2.75, 3.05) is 6.61 Å². The highest BCUT2D eigenvalue weighted by molar-refractivity contribution is 5.45. The Labute approximate surface area is 80.1 Å². The minimum absolute atomic E-state index is 0.0201. The summed E-state index contributed by atoms with van der Waals surface area (Å²) in [5.41, 5.74) is 0.485. The highest BCUT2D eigenvalue weighted by Crippen LogP contribution is 2.34. The molecule has 0 saturated carbocycles. The van der Waals surface area contributed by atoms with Gasteiger partial charge in [0.05, 0.1) is 17.6 Å². The fourth-order valence-corrected chi connectivity index (χ4v) is 1.48. The molecule has 5 heteroatoms. The Balaban J connectivity index is 2.45. The quantitative estimate of drug-likeness (QED) is 0.543. The Morgan fingerprint density at radius 1 is 1.57 bits per heavy atom. The average molecular weight is 195 g/mol. The number of aliphatic hydroxyl groups excluding tert-OH is 1. The zero-order valence-corrected chi connectivity index (χ0v) is 7.34. The van der Waals surface area contributed by atoms with Crippen molar-refractivity contribution in [1.29, 1.82) is 0 Å². The van der Waals surface area contributed by atoms with Crippen LogP contribution in [0.5, 0.6) is 5.75 Å². The molecule has 1 aliphatic rings. The molecule has 0 saturated heterocycles. The predicted octanol–water partition coefficient (Wildman–Crippen LogP) is 1.41. The summed E-state index contributed by atoms with van der Waals surface area (Å²) in [4.78, 5) is 9.99. The van der Waals surface area contributed by atoms with Crippen molar-refractivity contribution in [1.82, 2.24) is 0 Å². The molecule has 5 nitrogen and oxygen atoms in total. The summed E-state index contributed by atoms with van der Waals surface area (Å²) >= 11 is 0. The molecule has 0 aromatic heterocycles. The van der Waals surface area contributed by atoms with Crippen LogP contribution in [-0.4, -0.2) is 16.6 Å². The molecule has 1 N–H and O–H groups in total. The van der Waals surface area contributed by atoms with Gasteiger partial charge in [-0.15, -0.1) is 0 Å². The second-order valence-electron chi connectivity index (χ2n) is 3.13. The monoisotopic (exact) mass is 195 g/mol. The molecular weight excluding hydrogens is 186 g/mol. The lowest BCUT2D eigenvalue weighted by atomic mass is 10.0. The van der Waals surface area contributed by atoms with E-state index in [9.17, 15) is 15.2 Å². The van der Waals surface area contributed by atoms with Gasteiger partial charge in [0.25, 0.3) is 5.69 Å². The number of nitro benzene ring substituents is 1. The van der Waals surface area contributed by atoms with Crippen molar-refractivity contribution in [3.8, 4) is 5.75 Å². The maximum atomic E-state index is 10.5. The van der Waals surface area contributed by atoms with Gasteiger partial charge in [-0.1, -0.05) is 0 Å². The van der Waals surface area contributed by atoms with E-state index in [0.717, 1.165) is 0 Å². The molecule has 1 heterocycles. The molecule has 74 valence electrons. The first-order valence-electron chi connectivity index (χ1n) is 4.27. The van der Waals surface area contributed by atoms with Crippen LogP contribution < -0.4 is 4.74 Å². The minimum Gasteiger partial charge on any atom is -0.493 e. The standard InChI is InChI=1S/C9H9NO4/c11-8-3-4-14-9-2-1-6(10(12)13)5-7(8)9/h1-2,5,8,11H,3-4H2/t8-/m0/s1. The van der Waals surface area contributed by atoms with E-state index in [4.69, 9.17) is 4.74 Å². The van der Waals surface area contributed by atoms with Gasteiger partial charge < -0.3 is 9.84 Å². The van der Waals surface area contributed by atoms with Crippen LogP contribution in [0.3, 0.4) is 0 Å². The van der Waals surface area contributed by atoms with Gasteiger partial charge in [0, 0.05) is 24.1 Å². The van der Waals surface area contributed by atoms with E-state index in [1.807, 2.05) is 0 Å². The number of nitro groups is 1. The smallest absolute Gasteiger partial charge is 0.270 e. The Bertz CT molecular complexity index is 377. The number of hydrogen-bond donors (Lipinski definition) is 1. The van der Waals surface area contributed by atoms with Gasteiger partial charge in [-0.05, 0) is 6.07 Å². The fourth-order valence-electron chi connectivity index (χ4n) is 1.48. The molecule has 0 unspecified atom stereocenters. The molecule has 14 heavy (non-hydrogen) atoms. The highest BCUT2D eigenvalue weighted by Gasteiger charge is 2.21. The number of benzene rings is 1. The lowest BCUT2D eigenvalue weighted by molar-refractivity contribution is -0.385. The van der Waals surface area contributed by atoms with Gasteiger partial charge in [0.1, 0.15) is 5.75 Å². The van der Waals surface area contributed by atoms with Gasteiger partial charge in [-0.2, -0.15) is 0 Å². The van der Waals surface area contributed by atoms with Crippen LogP contribution in [0.1, 0.15) is 18.1 Å². The van der Waals surface area contributed by atoms with Crippen molar-refractivity contribution in [2.24, 2.45) is 0 Å². The van der Waals surface area contributed by atoms with Crippen LogP contribution >= 0.6 is 0 Å². The van der Waals surface area contributed by atoms with Crippen molar-refractivity contribution in [3.63, 3.8) is 0 Å². The van der Waals surface area contributed by atoms with Crippen LogP contribution in [0.4, 0.5) is 5.69 Å². The Morgan fingerprint density at radius 2 is 2.36 bits per heavy atom. The molecule has 1 aliphatic heterocycles.